The smallest absolute Gasteiger partial charge is 0.354 e. The van der Waals surface area contributed by atoms with Crippen molar-refractivity contribution in [3.05, 3.63) is 23.5 Å². The van der Waals surface area contributed by atoms with E-state index < -0.39 is 15.5 Å². The number of ether oxygens (including phenoxy) is 1. The summed E-state index contributed by atoms with van der Waals surface area (Å²) < 4.78 is 4.29. The van der Waals surface area contributed by atoms with E-state index in [9.17, 15) is 9.59 Å². The summed E-state index contributed by atoms with van der Waals surface area (Å²) in [7, 11) is 5.18. The molecule has 5 nitrogen and oxygen atoms in total. The number of nitrogens with zero attached hydrogens (tertiary/aromatic N) is 2. The normalized spacial score (nSPS) is 11.8. The van der Waals surface area contributed by atoms with Crippen molar-refractivity contribution in [2.24, 2.45) is 0 Å². The molecule has 118 valence electrons. The fourth-order valence-corrected chi connectivity index (χ4v) is 2.14. The molecular formula is C13H17Cl3N2O3. The Balaban J connectivity index is 3.02. The second-order valence-electron chi connectivity index (χ2n) is 4.78. The standard InChI is InChI=1S/C13H17Cl3N2O3/c1-17(2)5-4-6-18-8-9(11(19)13(14,15)16)7-10(18)12(20)21-3/h7-8H,4-6H2,1-3H3. The van der Waals surface area contributed by atoms with Crippen LogP contribution in [0, 0.1) is 0 Å². The number of hydrogen-bond acceptors (Lipinski definition) is 4. The minimum absolute atomic E-state index is 0.167. The highest BCUT2D eigenvalue weighted by molar-refractivity contribution is 6.77. The van der Waals surface area contributed by atoms with Crippen molar-refractivity contribution in [2.75, 3.05) is 27.7 Å². The number of alkyl halides is 3. The first-order chi connectivity index (χ1) is 9.66. The molecule has 1 aromatic rings. The monoisotopic (exact) mass is 354 g/mol. The van der Waals surface area contributed by atoms with Crippen LogP contribution in [0.1, 0.15) is 27.3 Å². The van der Waals surface area contributed by atoms with Crippen molar-refractivity contribution < 1.29 is 14.3 Å². The lowest BCUT2D eigenvalue weighted by atomic mass is 10.2. The minimum Gasteiger partial charge on any atom is -0.464 e. The largest absolute Gasteiger partial charge is 0.464 e. The molecule has 0 radical (unpaired) electrons. The van der Waals surface area contributed by atoms with Gasteiger partial charge < -0.3 is 14.2 Å². The van der Waals surface area contributed by atoms with Gasteiger partial charge in [-0.3, -0.25) is 4.79 Å². The van der Waals surface area contributed by atoms with Crippen LogP contribution in [0.5, 0.6) is 0 Å². The fourth-order valence-electron chi connectivity index (χ4n) is 1.82. The first-order valence-electron chi connectivity index (χ1n) is 6.21. The van der Waals surface area contributed by atoms with Crippen molar-refractivity contribution in [1.82, 2.24) is 9.47 Å². The molecule has 0 aromatic carbocycles. The SMILES string of the molecule is COC(=O)c1cc(C(=O)C(Cl)(Cl)Cl)cn1CCCN(C)C. The molecule has 0 amide bonds. The summed E-state index contributed by atoms with van der Waals surface area (Å²) in [6.45, 7) is 1.39. The summed E-state index contributed by atoms with van der Waals surface area (Å²) in [5.41, 5.74) is 0.425. The van der Waals surface area contributed by atoms with E-state index in [2.05, 4.69) is 0 Å². The molecule has 1 heterocycles. The second-order valence-corrected chi connectivity index (χ2v) is 7.06. The molecule has 0 aliphatic carbocycles. The average Bonchev–Trinajstić information content (AvgIpc) is 2.79. The molecule has 0 N–H and O–H groups in total. The Morgan fingerprint density at radius 1 is 1.33 bits per heavy atom. The number of hydrogen-bond donors (Lipinski definition) is 0. The van der Waals surface area contributed by atoms with E-state index in [-0.39, 0.29) is 11.3 Å². The minimum atomic E-state index is -2.05. The second kappa shape index (κ2) is 7.49. The third-order valence-electron chi connectivity index (χ3n) is 2.82. The number of methoxy groups -OCH3 is 1. The number of carbonyl (C=O) groups excluding carboxylic acids is 2. The zero-order valence-electron chi connectivity index (χ0n) is 12.0. The molecule has 21 heavy (non-hydrogen) atoms. The molecule has 0 fully saturated rings. The summed E-state index contributed by atoms with van der Waals surface area (Å²) in [5, 5.41) is 0. The van der Waals surface area contributed by atoms with Crippen LogP contribution in [0.15, 0.2) is 12.3 Å². The molecule has 0 saturated heterocycles. The average molecular weight is 356 g/mol. The first-order valence-corrected chi connectivity index (χ1v) is 7.35. The van der Waals surface area contributed by atoms with E-state index in [1.165, 1.54) is 19.4 Å². The number of halogens is 3. The van der Waals surface area contributed by atoms with Crippen molar-refractivity contribution >= 4 is 46.6 Å². The van der Waals surface area contributed by atoms with Crippen LogP contribution in [-0.4, -0.2) is 52.8 Å². The molecular weight excluding hydrogens is 339 g/mol. The molecule has 1 rings (SSSR count). The van der Waals surface area contributed by atoms with E-state index in [1.807, 2.05) is 19.0 Å². The molecule has 0 bridgehead atoms. The van der Waals surface area contributed by atoms with Crippen molar-refractivity contribution in [2.45, 2.75) is 16.8 Å². The predicted octanol–water partition coefficient (Wildman–Crippen LogP) is 2.78. The van der Waals surface area contributed by atoms with Crippen LogP contribution >= 0.6 is 34.8 Å². The lowest BCUT2D eigenvalue weighted by Gasteiger charge is -2.11. The molecule has 0 saturated carbocycles. The van der Waals surface area contributed by atoms with E-state index in [1.54, 1.807) is 4.57 Å². The number of carbonyl (C=O) groups is 2. The van der Waals surface area contributed by atoms with Crippen molar-refractivity contribution in [3.8, 4) is 0 Å². The van der Waals surface area contributed by atoms with Gasteiger partial charge in [0.15, 0.2) is 0 Å². The summed E-state index contributed by atoms with van der Waals surface area (Å²) in [4.78, 5) is 25.7. The molecule has 0 spiro atoms. The van der Waals surface area contributed by atoms with Crippen molar-refractivity contribution in [1.29, 1.82) is 0 Å². The highest BCUT2D eigenvalue weighted by Crippen LogP contribution is 2.31. The molecule has 0 aliphatic rings. The Morgan fingerprint density at radius 3 is 2.43 bits per heavy atom. The highest BCUT2D eigenvalue weighted by atomic mass is 35.6. The Bertz CT molecular complexity index is 521. The van der Waals surface area contributed by atoms with Crippen LogP contribution in [0.25, 0.3) is 0 Å². The fraction of sp³-hybridized carbons (Fsp3) is 0.538. The van der Waals surface area contributed by atoms with Crippen molar-refractivity contribution in [3.63, 3.8) is 0 Å². The Hall–Kier alpha value is -0.750. The lowest BCUT2D eigenvalue weighted by Crippen LogP contribution is -2.18. The molecule has 0 unspecified atom stereocenters. The van der Waals surface area contributed by atoms with Crippen LogP contribution in [0.4, 0.5) is 0 Å². The topological polar surface area (TPSA) is 51.5 Å². The summed E-state index contributed by atoms with van der Waals surface area (Å²) >= 11 is 16.8. The summed E-state index contributed by atoms with van der Waals surface area (Å²) in [6, 6.07) is 1.38. The highest BCUT2D eigenvalue weighted by Gasteiger charge is 2.33. The van der Waals surface area contributed by atoms with E-state index in [0.29, 0.717) is 6.54 Å². The predicted molar refractivity (Wildman–Crippen MR) is 83.6 cm³/mol. The number of ketones is 1. The van der Waals surface area contributed by atoms with Gasteiger partial charge in [0.25, 0.3) is 3.79 Å². The van der Waals surface area contributed by atoms with E-state index in [4.69, 9.17) is 39.5 Å². The van der Waals surface area contributed by atoms with Gasteiger partial charge in [-0.25, -0.2) is 4.79 Å². The number of aromatic nitrogens is 1. The maximum Gasteiger partial charge on any atom is 0.354 e. The van der Waals surface area contributed by atoms with Crippen LogP contribution in [0.3, 0.4) is 0 Å². The Kier molecular flexibility index (Phi) is 6.53. The Labute approximate surface area is 138 Å². The summed E-state index contributed by atoms with van der Waals surface area (Å²) in [5.74, 6) is -1.22. The van der Waals surface area contributed by atoms with Crippen LogP contribution in [-0.2, 0) is 11.3 Å². The van der Waals surface area contributed by atoms with Gasteiger partial charge in [0.1, 0.15) is 5.69 Å². The molecule has 1 aromatic heterocycles. The van der Waals surface area contributed by atoms with Crippen LogP contribution in [0.2, 0.25) is 0 Å². The van der Waals surface area contributed by atoms with Gasteiger partial charge in [0, 0.05) is 18.3 Å². The van der Waals surface area contributed by atoms with Gasteiger partial charge in [-0.15, -0.1) is 0 Å². The van der Waals surface area contributed by atoms with Gasteiger partial charge in [-0.2, -0.15) is 0 Å². The number of aryl methyl sites for hydroxylation is 1. The zero-order chi connectivity index (χ0) is 16.2. The maximum atomic E-state index is 12.0. The van der Waals surface area contributed by atoms with Gasteiger partial charge in [-0.1, -0.05) is 34.8 Å². The quantitative estimate of drug-likeness (QED) is 0.447. The Morgan fingerprint density at radius 2 is 1.95 bits per heavy atom. The molecule has 0 atom stereocenters. The molecule has 8 heteroatoms. The van der Waals surface area contributed by atoms with Crippen LogP contribution < -0.4 is 0 Å². The maximum absolute atomic E-state index is 12.0. The van der Waals surface area contributed by atoms with E-state index >= 15 is 0 Å². The molecule has 0 aliphatic heterocycles. The first kappa shape index (κ1) is 18.3. The third kappa shape index (κ3) is 5.18. The van der Waals surface area contributed by atoms with Gasteiger partial charge in [0.2, 0.25) is 5.78 Å². The number of esters is 1. The lowest BCUT2D eigenvalue weighted by molar-refractivity contribution is 0.0588. The van der Waals surface area contributed by atoms with Gasteiger partial charge >= 0.3 is 5.97 Å². The van der Waals surface area contributed by atoms with E-state index in [0.717, 1.165) is 13.0 Å². The third-order valence-corrected chi connectivity index (χ3v) is 3.33. The summed E-state index contributed by atoms with van der Waals surface area (Å²) in [6.07, 6.45) is 2.30. The number of rotatable bonds is 6. The zero-order valence-corrected chi connectivity index (χ0v) is 14.3. The van der Waals surface area contributed by atoms with Gasteiger partial charge in [-0.05, 0) is 33.1 Å². The van der Waals surface area contributed by atoms with Gasteiger partial charge in [0.05, 0.1) is 7.11 Å². The number of Topliss-reactive ketones (excluding diaryl/α,β-unsaturated/α-hetero) is 1.